The van der Waals surface area contributed by atoms with E-state index in [-0.39, 0.29) is 5.91 Å². The van der Waals surface area contributed by atoms with Gasteiger partial charge in [0.05, 0.1) is 7.11 Å². The van der Waals surface area contributed by atoms with Crippen molar-refractivity contribution in [2.75, 3.05) is 12.4 Å². The lowest BCUT2D eigenvalue weighted by Crippen LogP contribution is -2.11. The molecule has 154 valence electrons. The highest BCUT2D eigenvalue weighted by molar-refractivity contribution is 6.04. The van der Waals surface area contributed by atoms with E-state index in [1.54, 1.807) is 43.6 Å². The van der Waals surface area contributed by atoms with Crippen LogP contribution in [0.2, 0.25) is 0 Å². The van der Waals surface area contributed by atoms with E-state index in [9.17, 15) is 4.79 Å². The summed E-state index contributed by atoms with van der Waals surface area (Å²) in [5, 5.41) is 2.90. The molecule has 3 aromatic carbocycles. The number of nitrogens with zero attached hydrogens (tertiary/aromatic N) is 2. The Morgan fingerprint density at radius 2 is 1.68 bits per heavy atom. The fourth-order valence-electron chi connectivity index (χ4n) is 2.96. The standard InChI is InChI=1S/C25H21N3O3/c1-17-9-11-20(12-10-17)27-25(29)19-6-3-5-18(15-19)24-26-14-13-23(28-24)31-22-8-4-7-21(16-22)30-2/h3-16H,1-2H3,(H,27,29). The second-order valence-electron chi connectivity index (χ2n) is 6.90. The SMILES string of the molecule is COc1cccc(Oc2ccnc(-c3cccc(C(=O)Nc4ccc(C)cc4)c3)n2)c1. The second-order valence-corrected chi connectivity index (χ2v) is 6.90. The molecule has 0 saturated carbocycles. The third-order valence-corrected chi connectivity index (χ3v) is 4.59. The number of nitrogens with one attached hydrogen (secondary N) is 1. The van der Waals surface area contributed by atoms with Crippen LogP contribution in [0.15, 0.2) is 85.1 Å². The average molecular weight is 411 g/mol. The Balaban J connectivity index is 1.54. The first-order valence-corrected chi connectivity index (χ1v) is 9.74. The molecule has 31 heavy (non-hydrogen) atoms. The lowest BCUT2D eigenvalue weighted by atomic mass is 10.1. The van der Waals surface area contributed by atoms with Crippen molar-refractivity contribution in [1.29, 1.82) is 0 Å². The van der Waals surface area contributed by atoms with Gasteiger partial charge in [-0.2, -0.15) is 4.98 Å². The van der Waals surface area contributed by atoms with Gasteiger partial charge in [-0.05, 0) is 43.3 Å². The number of aryl methyl sites for hydroxylation is 1. The van der Waals surface area contributed by atoms with Crippen LogP contribution < -0.4 is 14.8 Å². The van der Waals surface area contributed by atoms with Crippen molar-refractivity contribution >= 4 is 11.6 Å². The molecule has 4 rings (SSSR count). The summed E-state index contributed by atoms with van der Waals surface area (Å²) >= 11 is 0. The smallest absolute Gasteiger partial charge is 0.255 e. The number of methoxy groups -OCH3 is 1. The zero-order valence-electron chi connectivity index (χ0n) is 17.2. The van der Waals surface area contributed by atoms with Crippen molar-refractivity contribution in [3.05, 3.63) is 96.2 Å². The monoisotopic (exact) mass is 411 g/mol. The fraction of sp³-hybridized carbons (Fsp3) is 0.0800. The van der Waals surface area contributed by atoms with Gasteiger partial charge in [-0.25, -0.2) is 4.98 Å². The summed E-state index contributed by atoms with van der Waals surface area (Å²) in [7, 11) is 1.60. The Hall–Kier alpha value is -4.19. The predicted octanol–water partition coefficient (Wildman–Crippen LogP) is 5.51. The van der Waals surface area contributed by atoms with Crippen molar-refractivity contribution in [2.45, 2.75) is 6.92 Å². The molecular formula is C25H21N3O3. The Bertz CT molecular complexity index is 1210. The molecule has 1 aromatic heterocycles. The highest BCUT2D eigenvalue weighted by Crippen LogP contribution is 2.25. The van der Waals surface area contributed by atoms with Gasteiger partial charge < -0.3 is 14.8 Å². The Morgan fingerprint density at radius 1 is 0.903 bits per heavy atom. The molecule has 1 heterocycles. The van der Waals surface area contributed by atoms with Crippen LogP contribution in [0.25, 0.3) is 11.4 Å². The largest absolute Gasteiger partial charge is 0.497 e. The zero-order valence-corrected chi connectivity index (χ0v) is 17.2. The molecule has 0 atom stereocenters. The van der Waals surface area contributed by atoms with Gasteiger partial charge in [0.15, 0.2) is 5.82 Å². The van der Waals surface area contributed by atoms with Crippen molar-refractivity contribution in [3.63, 3.8) is 0 Å². The van der Waals surface area contributed by atoms with Gasteiger partial charge in [-0.3, -0.25) is 4.79 Å². The molecule has 4 aromatic rings. The van der Waals surface area contributed by atoms with Crippen LogP contribution in [-0.4, -0.2) is 23.0 Å². The van der Waals surface area contributed by atoms with Gasteiger partial charge in [0.25, 0.3) is 5.91 Å². The minimum absolute atomic E-state index is 0.200. The first kappa shape index (κ1) is 20.1. The number of benzene rings is 3. The van der Waals surface area contributed by atoms with Crippen molar-refractivity contribution < 1.29 is 14.3 Å². The average Bonchev–Trinajstić information content (AvgIpc) is 2.81. The van der Waals surface area contributed by atoms with Crippen molar-refractivity contribution in [1.82, 2.24) is 9.97 Å². The van der Waals surface area contributed by atoms with Crippen LogP contribution in [-0.2, 0) is 0 Å². The summed E-state index contributed by atoms with van der Waals surface area (Å²) in [4.78, 5) is 21.5. The Kier molecular flexibility index (Phi) is 5.89. The second kappa shape index (κ2) is 9.09. The fourth-order valence-corrected chi connectivity index (χ4v) is 2.96. The van der Waals surface area contributed by atoms with Gasteiger partial charge in [0, 0.05) is 35.1 Å². The number of hydrogen-bond acceptors (Lipinski definition) is 5. The summed E-state index contributed by atoms with van der Waals surface area (Å²) in [5.41, 5.74) is 3.10. The van der Waals surface area contributed by atoms with Gasteiger partial charge in [0.1, 0.15) is 11.5 Å². The predicted molar refractivity (Wildman–Crippen MR) is 120 cm³/mol. The number of rotatable bonds is 6. The molecule has 1 N–H and O–H groups in total. The zero-order chi connectivity index (χ0) is 21.6. The number of anilines is 1. The molecule has 6 nitrogen and oxygen atoms in total. The third kappa shape index (κ3) is 5.05. The van der Waals surface area contributed by atoms with Gasteiger partial charge in [-0.15, -0.1) is 0 Å². The van der Waals surface area contributed by atoms with E-state index in [1.165, 1.54) is 0 Å². The summed E-state index contributed by atoms with van der Waals surface area (Å²) in [6.07, 6.45) is 1.62. The van der Waals surface area contributed by atoms with Crippen LogP contribution in [0.3, 0.4) is 0 Å². The molecule has 0 radical (unpaired) electrons. The van der Waals surface area contributed by atoms with Gasteiger partial charge in [0.2, 0.25) is 5.88 Å². The highest BCUT2D eigenvalue weighted by atomic mass is 16.5. The maximum absolute atomic E-state index is 12.7. The minimum Gasteiger partial charge on any atom is -0.497 e. The number of aromatic nitrogens is 2. The molecule has 0 fully saturated rings. The maximum atomic E-state index is 12.7. The van der Waals surface area contributed by atoms with Crippen LogP contribution in [0, 0.1) is 6.92 Å². The lowest BCUT2D eigenvalue weighted by molar-refractivity contribution is 0.102. The maximum Gasteiger partial charge on any atom is 0.255 e. The molecular weight excluding hydrogens is 390 g/mol. The number of ether oxygens (including phenoxy) is 2. The molecule has 0 spiro atoms. The number of amides is 1. The summed E-state index contributed by atoms with van der Waals surface area (Å²) in [6, 6.07) is 23.8. The van der Waals surface area contributed by atoms with Gasteiger partial charge >= 0.3 is 0 Å². The number of carbonyl (C=O) groups is 1. The first-order chi connectivity index (χ1) is 15.1. The van der Waals surface area contributed by atoms with E-state index in [2.05, 4.69) is 15.3 Å². The van der Waals surface area contributed by atoms with Crippen molar-refractivity contribution in [3.8, 4) is 28.8 Å². The van der Waals surface area contributed by atoms with E-state index in [0.29, 0.717) is 34.3 Å². The molecule has 0 aliphatic rings. The van der Waals surface area contributed by atoms with E-state index in [4.69, 9.17) is 9.47 Å². The van der Waals surface area contributed by atoms with Gasteiger partial charge in [-0.1, -0.05) is 35.9 Å². The minimum atomic E-state index is -0.200. The van der Waals surface area contributed by atoms with E-state index >= 15 is 0 Å². The molecule has 0 bridgehead atoms. The Morgan fingerprint density at radius 3 is 2.48 bits per heavy atom. The normalized spacial score (nSPS) is 10.4. The lowest BCUT2D eigenvalue weighted by Gasteiger charge is -2.09. The number of carbonyl (C=O) groups excluding carboxylic acids is 1. The summed E-state index contributed by atoms with van der Waals surface area (Å²) in [6.45, 7) is 2.00. The molecule has 0 aliphatic heterocycles. The Labute approximate surface area is 180 Å². The number of hydrogen-bond donors (Lipinski definition) is 1. The van der Waals surface area contributed by atoms with Crippen LogP contribution >= 0.6 is 0 Å². The molecule has 0 aliphatic carbocycles. The van der Waals surface area contributed by atoms with Crippen molar-refractivity contribution in [2.24, 2.45) is 0 Å². The summed E-state index contributed by atoms with van der Waals surface area (Å²) < 4.78 is 11.1. The third-order valence-electron chi connectivity index (χ3n) is 4.59. The summed E-state index contributed by atoms with van der Waals surface area (Å²) in [5.74, 6) is 1.96. The topological polar surface area (TPSA) is 73.3 Å². The molecule has 6 heteroatoms. The molecule has 1 amide bonds. The first-order valence-electron chi connectivity index (χ1n) is 9.74. The molecule has 0 saturated heterocycles. The molecule has 0 unspecified atom stereocenters. The quantitative estimate of drug-likeness (QED) is 0.453. The van der Waals surface area contributed by atoms with E-state index in [1.807, 2.05) is 55.5 Å². The van der Waals surface area contributed by atoms with Crippen LogP contribution in [0.1, 0.15) is 15.9 Å². The van der Waals surface area contributed by atoms with Crippen LogP contribution in [0.5, 0.6) is 17.4 Å². The van der Waals surface area contributed by atoms with Crippen LogP contribution in [0.4, 0.5) is 5.69 Å². The van der Waals surface area contributed by atoms with E-state index in [0.717, 1.165) is 11.3 Å². The highest BCUT2D eigenvalue weighted by Gasteiger charge is 2.10. The van der Waals surface area contributed by atoms with E-state index < -0.39 is 0 Å².